The topological polar surface area (TPSA) is 141 Å². The molecular formula is C17H34O8. The third kappa shape index (κ3) is 15.6. The van der Waals surface area contributed by atoms with Gasteiger partial charge in [-0.25, -0.2) is 4.89 Å². The average Bonchev–Trinajstić information content (AvgIpc) is 2.54. The van der Waals surface area contributed by atoms with Crippen molar-refractivity contribution < 1.29 is 39.8 Å². The second-order valence-corrected chi connectivity index (χ2v) is 6.59. The fourth-order valence-corrected chi connectivity index (χ4v) is 0.831. The van der Waals surface area contributed by atoms with E-state index in [-0.39, 0.29) is 18.4 Å². The van der Waals surface area contributed by atoms with E-state index in [0.29, 0.717) is 6.42 Å². The van der Waals surface area contributed by atoms with Crippen molar-refractivity contribution in [2.24, 2.45) is 23.2 Å². The molecule has 0 aliphatic carbocycles. The Morgan fingerprint density at radius 1 is 0.960 bits per heavy atom. The molecule has 0 spiro atoms. The van der Waals surface area contributed by atoms with Crippen LogP contribution in [0.1, 0.15) is 61.3 Å². The van der Waals surface area contributed by atoms with Gasteiger partial charge in [0.25, 0.3) is 0 Å². The summed E-state index contributed by atoms with van der Waals surface area (Å²) in [6.07, 6.45) is 1.40. The van der Waals surface area contributed by atoms with Gasteiger partial charge in [-0.3, -0.25) is 19.6 Å². The van der Waals surface area contributed by atoms with E-state index in [9.17, 15) is 14.4 Å². The van der Waals surface area contributed by atoms with E-state index >= 15 is 0 Å². The Labute approximate surface area is 149 Å². The summed E-state index contributed by atoms with van der Waals surface area (Å²) in [6, 6.07) is 0. The molecule has 0 aliphatic heterocycles. The highest BCUT2D eigenvalue weighted by Crippen LogP contribution is 2.18. The first kappa shape index (κ1) is 28.1. The molecular weight excluding hydrogens is 332 g/mol. The van der Waals surface area contributed by atoms with Gasteiger partial charge < -0.3 is 15.3 Å². The van der Waals surface area contributed by atoms with E-state index < -0.39 is 29.2 Å². The zero-order chi connectivity index (χ0) is 20.8. The Hall–Kier alpha value is -1.67. The third-order valence-corrected chi connectivity index (χ3v) is 4.08. The van der Waals surface area contributed by atoms with Crippen LogP contribution in [-0.2, 0) is 19.3 Å². The van der Waals surface area contributed by atoms with Crippen molar-refractivity contribution in [2.75, 3.05) is 6.61 Å². The first-order chi connectivity index (χ1) is 11.3. The summed E-state index contributed by atoms with van der Waals surface area (Å²) >= 11 is 0. The standard InChI is InChI=1S/C6H12O4.C6H12O2.C5H10O2/c1-4(3-10-9)5(2)6(7)8;1-4-6(2,3)5(7)8;1-3-4(2)5(6)7/h4-5,9H,3H2,1-2H3,(H,7,8);4H2,1-3H3,(H,7,8);4H,3H2,1-2H3,(H,6,7). The largest absolute Gasteiger partial charge is 0.481 e. The van der Waals surface area contributed by atoms with Crippen LogP contribution < -0.4 is 0 Å². The van der Waals surface area contributed by atoms with Gasteiger partial charge in [0.05, 0.1) is 23.9 Å². The lowest BCUT2D eigenvalue weighted by atomic mass is 9.91. The molecule has 0 heterocycles. The van der Waals surface area contributed by atoms with Gasteiger partial charge in [0.1, 0.15) is 0 Å². The van der Waals surface area contributed by atoms with Crippen LogP contribution in [0.4, 0.5) is 0 Å². The van der Waals surface area contributed by atoms with E-state index in [1.807, 2.05) is 13.8 Å². The number of hydrogen-bond donors (Lipinski definition) is 4. The molecule has 4 N–H and O–H groups in total. The highest BCUT2D eigenvalue weighted by Gasteiger charge is 2.23. The lowest BCUT2D eigenvalue weighted by Crippen LogP contribution is -2.21. The molecule has 0 rings (SSSR count). The zero-order valence-corrected chi connectivity index (χ0v) is 16.3. The lowest BCUT2D eigenvalue weighted by Gasteiger charge is -2.14. The van der Waals surface area contributed by atoms with E-state index in [1.54, 1.807) is 34.6 Å². The van der Waals surface area contributed by atoms with Crippen molar-refractivity contribution in [3.63, 3.8) is 0 Å². The van der Waals surface area contributed by atoms with Crippen molar-refractivity contribution in [3.8, 4) is 0 Å². The summed E-state index contributed by atoms with van der Waals surface area (Å²) in [6.45, 7) is 12.2. The Balaban J connectivity index is -0.000000296. The molecule has 0 aromatic rings. The van der Waals surface area contributed by atoms with Gasteiger partial charge in [-0.2, -0.15) is 0 Å². The molecule has 0 saturated carbocycles. The summed E-state index contributed by atoms with van der Waals surface area (Å²) in [7, 11) is 0. The Morgan fingerprint density at radius 3 is 1.52 bits per heavy atom. The van der Waals surface area contributed by atoms with Crippen LogP contribution in [-0.4, -0.2) is 45.1 Å². The lowest BCUT2D eigenvalue weighted by molar-refractivity contribution is -0.252. The fourth-order valence-electron chi connectivity index (χ4n) is 0.831. The molecule has 0 aromatic heterocycles. The summed E-state index contributed by atoms with van der Waals surface area (Å²) in [5, 5.41) is 33.0. The van der Waals surface area contributed by atoms with E-state index in [4.69, 9.17) is 20.6 Å². The number of carboxylic acid groups (broad SMARTS) is 3. The van der Waals surface area contributed by atoms with Crippen molar-refractivity contribution in [2.45, 2.75) is 61.3 Å². The predicted molar refractivity (Wildman–Crippen MR) is 93.3 cm³/mol. The molecule has 8 nitrogen and oxygen atoms in total. The predicted octanol–water partition coefficient (Wildman–Crippen LogP) is 3.46. The minimum atomic E-state index is -0.871. The van der Waals surface area contributed by atoms with Gasteiger partial charge >= 0.3 is 17.9 Å². The molecule has 0 fully saturated rings. The number of rotatable bonds is 8. The molecule has 3 unspecified atom stereocenters. The number of hydrogen-bond acceptors (Lipinski definition) is 5. The van der Waals surface area contributed by atoms with E-state index in [1.165, 1.54) is 0 Å². The van der Waals surface area contributed by atoms with Gasteiger partial charge in [0.15, 0.2) is 0 Å². The van der Waals surface area contributed by atoms with Gasteiger partial charge in [0, 0.05) is 0 Å². The third-order valence-electron chi connectivity index (χ3n) is 4.08. The maximum Gasteiger partial charge on any atom is 0.309 e. The number of carbonyl (C=O) groups is 3. The quantitative estimate of drug-likeness (QED) is 0.378. The van der Waals surface area contributed by atoms with Crippen LogP contribution in [0, 0.1) is 23.2 Å². The second kappa shape index (κ2) is 14.7. The fraction of sp³-hybridized carbons (Fsp3) is 0.824. The van der Waals surface area contributed by atoms with Crippen LogP contribution in [0.25, 0.3) is 0 Å². The van der Waals surface area contributed by atoms with Crippen molar-refractivity contribution in [3.05, 3.63) is 0 Å². The molecule has 0 bridgehead atoms. The first-order valence-electron chi connectivity index (χ1n) is 8.23. The van der Waals surface area contributed by atoms with Crippen LogP contribution >= 0.6 is 0 Å². The van der Waals surface area contributed by atoms with Crippen LogP contribution in [0.2, 0.25) is 0 Å². The van der Waals surface area contributed by atoms with E-state index in [0.717, 1.165) is 6.42 Å². The average molecular weight is 366 g/mol. The Morgan fingerprint density at radius 2 is 1.40 bits per heavy atom. The highest BCUT2D eigenvalue weighted by atomic mass is 17.1. The SMILES string of the molecule is CC(COO)C(C)C(=O)O.CCC(C)(C)C(=O)O.CCC(C)C(=O)O. The smallest absolute Gasteiger partial charge is 0.309 e. The van der Waals surface area contributed by atoms with E-state index in [2.05, 4.69) is 4.89 Å². The molecule has 0 amide bonds. The summed E-state index contributed by atoms with van der Waals surface area (Å²) in [5.74, 6) is -3.12. The number of aliphatic carboxylic acids is 3. The van der Waals surface area contributed by atoms with Crippen LogP contribution in [0.5, 0.6) is 0 Å². The molecule has 150 valence electrons. The van der Waals surface area contributed by atoms with Crippen molar-refractivity contribution in [1.29, 1.82) is 0 Å². The van der Waals surface area contributed by atoms with Gasteiger partial charge in [-0.15, -0.1) is 0 Å². The Kier molecular flexibility index (Phi) is 16.5. The summed E-state index contributed by atoms with van der Waals surface area (Å²) in [4.78, 5) is 34.3. The highest BCUT2D eigenvalue weighted by molar-refractivity contribution is 5.73. The molecule has 0 aromatic carbocycles. The first-order valence-corrected chi connectivity index (χ1v) is 8.23. The molecule has 0 aliphatic rings. The molecule has 25 heavy (non-hydrogen) atoms. The van der Waals surface area contributed by atoms with Gasteiger partial charge in [-0.1, -0.05) is 34.6 Å². The number of carboxylic acids is 3. The monoisotopic (exact) mass is 366 g/mol. The normalized spacial score (nSPS) is 13.9. The molecule has 0 saturated heterocycles. The summed E-state index contributed by atoms with van der Waals surface area (Å²) in [5.41, 5.74) is -0.542. The minimum absolute atomic E-state index is 0.0630. The van der Waals surface area contributed by atoms with Gasteiger partial charge in [-0.05, 0) is 32.6 Å². The zero-order valence-electron chi connectivity index (χ0n) is 16.3. The van der Waals surface area contributed by atoms with Crippen molar-refractivity contribution >= 4 is 17.9 Å². The minimum Gasteiger partial charge on any atom is -0.481 e. The van der Waals surface area contributed by atoms with Crippen molar-refractivity contribution in [1.82, 2.24) is 0 Å². The molecule has 8 heteroatoms. The maximum absolute atomic E-state index is 10.3. The van der Waals surface area contributed by atoms with Crippen LogP contribution in [0.3, 0.4) is 0 Å². The molecule has 3 atom stereocenters. The Bertz CT molecular complexity index is 392. The van der Waals surface area contributed by atoms with Gasteiger partial charge in [0.2, 0.25) is 0 Å². The molecule has 0 radical (unpaired) electrons. The maximum atomic E-state index is 10.3. The summed E-state index contributed by atoms with van der Waals surface area (Å²) < 4.78 is 0. The van der Waals surface area contributed by atoms with Crippen LogP contribution in [0.15, 0.2) is 0 Å². The second-order valence-electron chi connectivity index (χ2n) is 6.59.